The summed E-state index contributed by atoms with van der Waals surface area (Å²) in [7, 11) is 0. The molecule has 2 aromatic heterocycles. The summed E-state index contributed by atoms with van der Waals surface area (Å²) in [6.07, 6.45) is 4.64. The van der Waals surface area contributed by atoms with Gasteiger partial charge in [0, 0.05) is 12.4 Å². The highest BCUT2D eigenvalue weighted by molar-refractivity contribution is 6.10. The van der Waals surface area contributed by atoms with Crippen molar-refractivity contribution in [2.24, 2.45) is 0 Å². The molecule has 7 nitrogen and oxygen atoms in total. The molecule has 1 aromatic carbocycles. The van der Waals surface area contributed by atoms with E-state index in [4.69, 9.17) is 9.84 Å². The van der Waals surface area contributed by atoms with Gasteiger partial charge in [-0.3, -0.25) is 4.79 Å². The van der Waals surface area contributed by atoms with Gasteiger partial charge in [-0.05, 0) is 24.3 Å². The molecular formula is C17H13N3O4. The Balaban J connectivity index is 1.88. The number of rotatable bonds is 6. The summed E-state index contributed by atoms with van der Waals surface area (Å²) in [5.41, 5.74) is 0.631. The first-order valence-electron chi connectivity index (χ1n) is 7.09. The van der Waals surface area contributed by atoms with Crippen LogP contribution in [-0.2, 0) is 4.79 Å². The van der Waals surface area contributed by atoms with E-state index in [1.807, 2.05) is 6.07 Å². The molecule has 7 heteroatoms. The molecule has 120 valence electrons. The Morgan fingerprint density at radius 3 is 2.67 bits per heavy atom. The Morgan fingerprint density at radius 2 is 1.92 bits per heavy atom. The molecule has 3 rings (SSSR count). The number of carboxylic acid groups (broad SMARTS) is 1. The van der Waals surface area contributed by atoms with Crippen LogP contribution in [0.3, 0.4) is 0 Å². The molecule has 2 heterocycles. The number of aliphatic carboxylic acids is 1. The van der Waals surface area contributed by atoms with Crippen LogP contribution in [0.2, 0.25) is 0 Å². The largest absolute Gasteiger partial charge is 0.481 e. The maximum Gasteiger partial charge on any atom is 0.341 e. The van der Waals surface area contributed by atoms with E-state index < -0.39 is 12.6 Å². The number of hydrogen-bond acceptors (Lipinski definition) is 5. The maximum absolute atomic E-state index is 12.7. The molecule has 1 N–H and O–H groups in total. The molecule has 0 aliphatic carbocycles. The zero-order valence-electron chi connectivity index (χ0n) is 12.5. The SMILES string of the molecule is O=C(O)COc1ccccc1C(=O)c1cnn(-c2ccccn2)c1. The quantitative estimate of drug-likeness (QED) is 0.697. The van der Waals surface area contributed by atoms with Gasteiger partial charge < -0.3 is 9.84 Å². The highest BCUT2D eigenvalue weighted by Crippen LogP contribution is 2.21. The van der Waals surface area contributed by atoms with Crippen LogP contribution < -0.4 is 4.74 Å². The van der Waals surface area contributed by atoms with E-state index in [2.05, 4.69) is 10.1 Å². The number of carbonyl (C=O) groups excluding carboxylic acids is 1. The minimum Gasteiger partial charge on any atom is -0.481 e. The molecule has 24 heavy (non-hydrogen) atoms. The predicted octanol–water partition coefficient (Wildman–Crippen LogP) is 1.96. The van der Waals surface area contributed by atoms with Crippen molar-refractivity contribution in [1.29, 1.82) is 0 Å². The molecule has 0 aliphatic heterocycles. The Bertz CT molecular complexity index is 874. The van der Waals surface area contributed by atoms with Crippen LogP contribution >= 0.6 is 0 Å². The lowest BCUT2D eigenvalue weighted by atomic mass is 10.1. The second-order valence-electron chi connectivity index (χ2n) is 4.87. The van der Waals surface area contributed by atoms with Crippen molar-refractivity contribution in [1.82, 2.24) is 14.8 Å². The summed E-state index contributed by atoms with van der Waals surface area (Å²) in [6, 6.07) is 11.9. The summed E-state index contributed by atoms with van der Waals surface area (Å²) < 4.78 is 6.67. The second-order valence-corrected chi connectivity index (χ2v) is 4.87. The molecule has 0 radical (unpaired) electrons. The van der Waals surface area contributed by atoms with Crippen LogP contribution in [0.1, 0.15) is 15.9 Å². The number of hydrogen-bond donors (Lipinski definition) is 1. The average Bonchev–Trinajstić information content (AvgIpc) is 3.10. The van der Waals surface area contributed by atoms with Crippen molar-refractivity contribution >= 4 is 11.8 Å². The van der Waals surface area contributed by atoms with Crippen LogP contribution in [0.4, 0.5) is 0 Å². The smallest absolute Gasteiger partial charge is 0.341 e. The van der Waals surface area contributed by atoms with E-state index in [9.17, 15) is 9.59 Å². The monoisotopic (exact) mass is 323 g/mol. The van der Waals surface area contributed by atoms with E-state index in [0.29, 0.717) is 11.4 Å². The molecule has 0 saturated heterocycles. The topological polar surface area (TPSA) is 94.3 Å². The molecule has 0 bridgehead atoms. The Morgan fingerprint density at radius 1 is 1.12 bits per heavy atom. The number of ketones is 1. The normalized spacial score (nSPS) is 10.3. The van der Waals surface area contributed by atoms with Gasteiger partial charge in [0.25, 0.3) is 0 Å². The number of aromatic nitrogens is 3. The number of nitrogens with zero attached hydrogens (tertiary/aromatic N) is 3. The minimum absolute atomic E-state index is 0.218. The fourth-order valence-electron chi connectivity index (χ4n) is 2.13. The highest BCUT2D eigenvalue weighted by atomic mass is 16.5. The van der Waals surface area contributed by atoms with Gasteiger partial charge in [0.1, 0.15) is 5.75 Å². The molecule has 0 aliphatic rings. The van der Waals surface area contributed by atoms with E-state index in [1.165, 1.54) is 10.9 Å². The van der Waals surface area contributed by atoms with Crippen LogP contribution in [0.15, 0.2) is 61.1 Å². The number of benzene rings is 1. The lowest BCUT2D eigenvalue weighted by molar-refractivity contribution is -0.139. The van der Waals surface area contributed by atoms with E-state index in [-0.39, 0.29) is 17.1 Å². The van der Waals surface area contributed by atoms with Gasteiger partial charge in [0.15, 0.2) is 18.2 Å². The third-order valence-electron chi connectivity index (χ3n) is 3.21. The molecule has 0 amide bonds. The third kappa shape index (κ3) is 3.30. The molecule has 0 fully saturated rings. The first-order chi connectivity index (χ1) is 11.6. The van der Waals surface area contributed by atoms with Crippen molar-refractivity contribution in [3.8, 4) is 11.6 Å². The van der Waals surface area contributed by atoms with Crippen LogP contribution in [-0.4, -0.2) is 38.2 Å². The van der Waals surface area contributed by atoms with Gasteiger partial charge in [0.2, 0.25) is 0 Å². The zero-order chi connectivity index (χ0) is 16.9. The van der Waals surface area contributed by atoms with Crippen molar-refractivity contribution in [2.45, 2.75) is 0 Å². The Hall–Kier alpha value is -3.48. The minimum atomic E-state index is -1.11. The van der Waals surface area contributed by atoms with Crippen molar-refractivity contribution in [3.63, 3.8) is 0 Å². The van der Waals surface area contributed by atoms with Crippen molar-refractivity contribution in [2.75, 3.05) is 6.61 Å². The average molecular weight is 323 g/mol. The lowest BCUT2D eigenvalue weighted by Crippen LogP contribution is -2.12. The first kappa shape index (κ1) is 15.4. The van der Waals surface area contributed by atoms with Gasteiger partial charge >= 0.3 is 5.97 Å². The van der Waals surface area contributed by atoms with Gasteiger partial charge in [-0.15, -0.1) is 0 Å². The lowest BCUT2D eigenvalue weighted by Gasteiger charge is -2.08. The Kier molecular flexibility index (Phi) is 4.33. The van der Waals surface area contributed by atoms with Gasteiger partial charge in [0.05, 0.1) is 17.3 Å². The number of carbonyl (C=O) groups is 2. The zero-order valence-corrected chi connectivity index (χ0v) is 12.5. The van der Waals surface area contributed by atoms with Gasteiger partial charge in [-0.2, -0.15) is 5.10 Å². The fraction of sp³-hybridized carbons (Fsp3) is 0.0588. The number of carboxylic acids is 1. The number of ether oxygens (including phenoxy) is 1. The van der Waals surface area contributed by atoms with Crippen molar-refractivity contribution in [3.05, 3.63) is 72.2 Å². The molecule has 0 unspecified atom stereocenters. The van der Waals surface area contributed by atoms with E-state index in [0.717, 1.165) is 0 Å². The van der Waals surface area contributed by atoms with Crippen LogP contribution in [0.5, 0.6) is 5.75 Å². The summed E-state index contributed by atoms with van der Waals surface area (Å²) in [5.74, 6) is -0.610. The van der Waals surface area contributed by atoms with Crippen LogP contribution in [0, 0.1) is 0 Å². The van der Waals surface area contributed by atoms with Crippen LogP contribution in [0.25, 0.3) is 5.82 Å². The van der Waals surface area contributed by atoms with E-state index in [1.54, 1.807) is 48.8 Å². The number of pyridine rings is 1. The summed E-state index contributed by atoms with van der Waals surface area (Å²) >= 11 is 0. The molecular weight excluding hydrogens is 310 g/mol. The van der Waals surface area contributed by atoms with Gasteiger partial charge in [-0.1, -0.05) is 18.2 Å². The number of para-hydroxylation sites is 1. The standard InChI is InChI=1S/C17H13N3O4/c21-16(22)11-24-14-6-2-1-5-13(14)17(23)12-9-19-20(10-12)15-7-3-4-8-18-15/h1-10H,11H2,(H,21,22). The second kappa shape index (κ2) is 6.74. The Labute approximate surface area is 137 Å². The molecule has 0 saturated carbocycles. The first-order valence-corrected chi connectivity index (χ1v) is 7.09. The van der Waals surface area contributed by atoms with E-state index >= 15 is 0 Å². The molecule has 3 aromatic rings. The molecule has 0 atom stereocenters. The third-order valence-corrected chi connectivity index (χ3v) is 3.21. The predicted molar refractivity (Wildman–Crippen MR) is 84.4 cm³/mol. The van der Waals surface area contributed by atoms with Gasteiger partial charge in [-0.25, -0.2) is 14.5 Å². The molecule has 0 spiro atoms. The summed E-state index contributed by atoms with van der Waals surface area (Å²) in [4.78, 5) is 27.5. The maximum atomic E-state index is 12.7. The highest BCUT2D eigenvalue weighted by Gasteiger charge is 2.17. The van der Waals surface area contributed by atoms with Crippen molar-refractivity contribution < 1.29 is 19.4 Å². The fourth-order valence-corrected chi connectivity index (χ4v) is 2.13. The summed E-state index contributed by atoms with van der Waals surface area (Å²) in [5, 5.41) is 12.9. The summed E-state index contributed by atoms with van der Waals surface area (Å²) in [6.45, 7) is -0.516.